The third kappa shape index (κ3) is 1.66. The number of hydrogen-bond donors (Lipinski definition) is 1. The third-order valence-electron chi connectivity index (χ3n) is 2.29. The summed E-state index contributed by atoms with van der Waals surface area (Å²) in [5.74, 6) is -2.67. The Hall–Kier alpha value is -0.180. The van der Waals surface area contributed by atoms with Gasteiger partial charge in [0.25, 0.3) is 5.92 Å². The maximum atomic E-state index is 12.7. The van der Waals surface area contributed by atoms with Gasteiger partial charge in [0, 0.05) is 12.0 Å². The van der Waals surface area contributed by atoms with E-state index in [0.29, 0.717) is 6.42 Å². The molecule has 0 saturated carbocycles. The van der Waals surface area contributed by atoms with Gasteiger partial charge in [-0.3, -0.25) is 0 Å². The first kappa shape index (κ1) is 9.82. The van der Waals surface area contributed by atoms with Crippen LogP contribution in [0, 0.1) is 5.41 Å². The molecule has 0 amide bonds. The molecule has 0 aliphatic heterocycles. The summed E-state index contributed by atoms with van der Waals surface area (Å²) in [6.07, 6.45) is 0.410. The molecule has 10 heavy (non-hydrogen) atoms. The minimum atomic E-state index is -2.67. The first-order chi connectivity index (χ1) is 4.37. The van der Waals surface area contributed by atoms with E-state index in [1.165, 1.54) is 6.92 Å². The molecular weight excluding hydrogens is 136 g/mol. The van der Waals surface area contributed by atoms with Gasteiger partial charge in [0.1, 0.15) is 0 Å². The van der Waals surface area contributed by atoms with Crippen LogP contribution in [0.1, 0.15) is 27.2 Å². The second-order valence-corrected chi connectivity index (χ2v) is 3.01. The molecule has 1 nitrogen and oxygen atoms in total. The number of nitrogens with two attached hydrogens (primary N) is 1. The molecule has 0 aromatic carbocycles. The maximum Gasteiger partial charge on any atom is 0.251 e. The average molecular weight is 151 g/mol. The van der Waals surface area contributed by atoms with Crippen LogP contribution < -0.4 is 5.73 Å². The second kappa shape index (κ2) is 2.82. The van der Waals surface area contributed by atoms with E-state index in [-0.39, 0.29) is 6.54 Å². The van der Waals surface area contributed by atoms with Gasteiger partial charge in [-0.25, -0.2) is 8.78 Å². The quantitative estimate of drug-likeness (QED) is 0.656. The van der Waals surface area contributed by atoms with Crippen molar-refractivity contribution in [2.45, 2.75) is 33.1 Å². The molecule has 62 valence electrons. The number of rotatable bonds is 3. The highest BCUT2D eigenvalue weighted by molar-refractivity contribution is 4.85. The molecule has 0 fully saturated rings. The lowest BCUT2D eigenvalue weighted by atomic mass is 9.82. The van der Waals surface area contributed by atoms with E-state index in [9.17, 15) is 8.78 Å². The van der Waals surface area contributed by atoms with Crippen LogP contribution in [0.25, 0.3) is 0 Å². The lowest BCUT2D eigenvalue weighted by Crippen LogP contribution is -2.41. The molecule has 0 heterocycles. The van der Waals surface area contributed by atoms with Crippen molar-refractivity contribution in [1.29, 1.82) is 0 Å². The van der Waals surface area contributed by atoms with Gasteiger partial charge < -0.3 is 5.73 Å². The summed E-state index contributed by atoms with van der Waals surface area (Å²) in [4.78, 5) is 0. The van der Waals surface area contributed by atoms with Gasteiger partial charge in [-0.05, 0) is 13.3 Å². The Bertz CT molecular complexity index is 103. The SMILES string of the molecule is CCC(C)(CN)C(C)(F)F. The van der Waals surface area contributed by atoms with Crippen molar-refractivity contribution in [2.24, 2.45) is 11.1 Å². The van der Waals surface area contributed by atoms with E-state index in [1.807, 2.05) is 0 Å². The summed E-state index contributed by atoms with van der Waals surface area (Å²) in [5, 5.41) is 0. The molecule has 0 radical (unpaired) electrons. The molecule has 0 spiro atoms. The van der Waals surface area contributed by atoms with Crippen LogP contribution in [0.5, 0.6) is 0 Å². The van der Waals surface area contributed by atoms with Crippen molar-refractivity contribution in [2.75, 3.05) is 6.54 Å². The van der Waals surface area contributed by atoms with Gasteiger partial charge in [-0.1, -0.05) is 13.8 Å². The van der Waals surface area contributed by atoms with Crippen molar-refractivity contribution >= 4 is 0 Å². The van der Waals surface area contributed by atoms with E-state index in [0.717, 1.165) is 6.92 Å². The molecule has 0 aromatic heterocycles. The summed E-state index contributed by atoms with van der Waals surface area (Å²) in [5.41, 5.74) is 4.19. The Labute approximate surface area is 60.6 Å². The van der Waals surface area contributed by atoms with Crippen molar-refractivity contribution in [3.05, 3.63) is 0 Å². The fourth-order valence-corrected chi connectivity index (χ4v) is 0.634. The number of halogens is 2. The lowest BCUT2D eigenvalue weighted by molar-refractivity contribution is -0.0945. The smallest absolute Gasteiger partial charge is 0.251 e. The first-order valence-electron chi connectivity index (χ1n) is 3.45. The molecule has 2 N–H and O–H groups in total. The van der Waals surface area contributed by atoms with E-state index in [1.54, 1.807) is 6.92 Å². The topological polar surface area (TPSA) is 26.0 Å². The molecule has 0 aromatic rings. The highest BCUT2D eigenvalue weighted by Gasteiger charge is 2.43. The van der Waals surface area contributed by atoms with Crippen LogP contribution in [0.15, 0.2) is 0 Å². The normalized spacial score (nSPS) is 18.6. The van der Waals surface area contributed by atoms with Crippen LogP contribution in [0.3, 0.4) is 0 Å². The van der Waals surface area contributed by atoms with Crippen LogP contribution in [0.4, 0.5) is 8.78 Å². The Kier molecular flexibility index (Phi) is 2.77. The molecule has 0 aliphatic carbocycles. The Morgan fingerprint density at radius 3 is 1.70 bits per heavy atom. The highest BCUT2D eigenvalue weighted by atomic mass is 19.3. The average Bonchev–Trinajstić information content (AvgIpc) is 1.84. The molecule has 1 atom stereocenters. The zero-order valence-electron chi connectivity index (χ0n) is 6.75. The molecule has 0 saturated heterocycles. The molecule has 0 rings (SSSR count). The van der Waals surface area contributed by atoms with Crippen molar-refractivity contribution in [3.63, 3.8) is 0 Å². The van der Waals surface area contributed by atoms with Crippen LogP contribution in [0.2, 0.25) is 0 Å². The highest BCUT2D eigenvalue weighted by Crippen LogP contribution is 2.37. The number of hydrogen-bond acceptors (Lipinski definition) is 1. The predicted octanol–water partition coefficient (Wildman–Crippen LogP) is 2.02. The van der Waals surface area contributed by atoms with Gasteiger partial charge in [0.15, 0.2) is 0 Å². The van der Waals surface area contributed by atoms with Crippen molar-refractivity contribution in [3.8, 4) is 0 Å². The minimum absolute atomic E-state index is 0.0347. The molecule has 0 aliphatic rings. The van der Waals surface area contributed by atoms with E-state index in [2.05, 4.69) is 0 Å². The molecule has 1 unspecified atom stereocenters. The van der Waals surface area contributed by atoms with Gasteiger partial charge in [0.05, 0.1) is 0 Å². The zero-order chi connectivity index (χ0) is 8.41. The van der Waals surface area contributed by atoms with Gasteiger partial charge in [-0.2, -0.15) is 0 Å². The Morgan fingerprint density at radius 2 is 1.70 bits per heavy atom. The Morgan fingerprint density at radius 1 is 1.30 bits per heavy atom. The summed E-state index contributed by atoms with van der Waals surface area (Å²) >= 11 is 0. The van der Waals surface area contributed by atoms with E-state index in [4.69, 9.17) is 5.73 Å². The van der Waals surface area contributed by atoms with Gasteiger partial charge >= 0.3 is 0 Å². The third-order valence-corrected chi connectivity index (χ3v) is 2.29. The standard InChI is InChI=1S/C7H15F2N/c1-4-6(2,5-10)7(3,8)9/h4-5,10H2,1-3H3. The van der Waals surface area contributed by atoms with Crippen LogP contribution in [-0.4, -0.2) is 12.5 Å². The van der Waals surface area contributed by atoms with Crippen molar-refractivity contribution < 1.29 is 8.78 Å². The monoisotopic (exact) mass is 151 g/mol. The van der Waals surface area contributed by atoms with Gasteiger partial charge in [-0.15, -0.1) is 0 Å². The minimum Gasteiger partial charge on any atom is -0.330 e. The molecular formula is C7H15F2N. The first-order valence-corrected chi connectivity index (χ1v) is 3.45. The van der Waals surface area contributed by atoms with E-state index < -0.39 is 11.3 Å². The summed E-state index contributed by atoms with van der Waals surface area (Å²) < 4.78 is 25.4. The summed E-state index contributed by atoms with van der Waals surface area (Å²) in [6, 6.07) is 0. The lowest BCUT2D eigenvalue weighted by Gasteiger charge is -2.32. The second-order valence-electron chi connectivity index (χ2n) is 3.01. The fourth-order valence-electron chi connectivity index (χ4n) is 0.634. The maximum absolute atomic E-state index is 12.7. The summed E-state index contributed by atoms with van der Waals surface area (Å²) in [7, 11) is 0. The molecule has 0 bridgehead atoms. The van der Waals surface area contributed by atoms with Crippen LogP contribution in [-0.2, 0) is 0 Å². The number of alkyl halides is 2. The predicted molar refractivity (Wildman–Crippen MR) is 38.1 cm³/mol. The van der Waals surface area contributed by atoms with Crippen LogP contribution >= 0.6 is 0 Å². The van der Waals surface area contributed by atoms with Gasteiger partial charge in [0.2, 0.25) is 0 Å². The van der Waals surface area contributed by atoms with E-state index >= 15 is 0 Å². The largest absolute Gasteiger partial charge is 0.330 e. The fraction of sp³-hybridized carbons (Fsp3) is 1.00. The summed E-state index contributed by atoms with van der Waals surface area (Å²) in [6.45, 7) is 4.19. The Balaban J connectivity index is 4.33. The zero-order valence-corrected chi connectivity index (χ0v) is 6.75. The van der Waals surface area contributed by atoms with Crippen molar-refractivity contribution in [1.82, 2.24) is 0 Å². The molecule has 3 heteroatoms.